The molecule has 1 unspecified atom stereocenters. The van der Waals surface area contributed by atoms with Crippen LogP contribution in [0.3, 0.4) is 0 Å². The molecule has 0 aliphatic carbocycles. The van der Waals surface area contributed by atoms with Crippen LogP contribution in [0.4, 0.5) is 4.79 Å². The summed E-state index contributed by atoms with van der Waals surface area (Å²) in [5.74, 6) is -0.0628. The van der Waals surface area contributed by atoms with E-state index in [2.05, 4.69) is 0 Å². The second kappa shape index (κ2) is 9.87. The van der Waals surface area contributed by atoms with E-state index >= 15 is 0 Å². The first-order valence-electron chi connectivity index (χ1n) is 8.13. The molecule has 0 heterocycles. The monoisotopic (exact) mass is 321 g/mol. The summed E-state index contributed by atoms with van der Waals surface area (Å²) in [7, 11) is 0. The van der Waals surface area contributed by atoms with Gasteiger partial charge in [0.25, 0.3) is 0 Å². The highest BCUT2D eigenvalue weighted by atomic mass is 16.6. The molecule has 23 heavy (non-hydrogen) atoms. The molecule has 0 saturated heterocycles. The van der Waals surface area contributed by atoms with E-state index in [1.165, 1.54) is 0 Å². The number of ether oxygens (including phenoxy) is 2. The number of carbonyl (C=O) groups excluding carboxylic acids is 2. The smallest absolute Gasteiger partial charge is 0.410 e. The average Bonchev–Trinajstić information content (AvgIpc) is 2.52. The average molecular weight is 321 g/mol. The summed E-state index contributed by atoms with van der Waals surface area (Å²) in [6.07, 6.45) is -0.289. The van der Waals surface area contributed by atoms with Crippen molar-refractivity contribution >= 4 is 12.1 Å². The van der Waals surface area contributed by atoms with E-state index in [-0.39, 0.29) is 18.3 Å². The molecule has 0 fully saturated rings. The Morgan fingerprint density at radius 3 is 2.17 bits per heavy atom. The molecular weight excluding hydrogens is 294 g/mol. The SMILES string of the molecule is CCOC(=O)CC(c1ccccc1)N(CC(C)C)C(=O)OCC. The van der Waals surface area contributed by atoms with Crippen molar-refractivity contribution in [2.24, 2.45) is 5.92 Å². The maximum atomic E-state index is 12.4. The molecule has 0 aromatic heterocycles. The van der Waals surface area contributed by atoms with Gasteiger partial charge in [0.1, 0.15) is 0 Å². The minimum absolute atomic E-state index is 0.114. The van der Waals surface area contributed by atoms with Crippen LogP contribution < -0.4 is 0 Å². The maximum absolute atomic E-state index is 12.4. The minimum atomic E-state index is -0.403. The number of carbonyl (C=O) groups is 2. The molecule has 1 aromatic carbocycles. The standard InChI is InChI=1S/C18H27NO4/c1-5-22-17(20)12-16(15-10-8-7-9-11-15)19(13-14(3)4)18(21)23-6-2/h7-11,14,16H,5-6,12-13H2,1-4H3. The van der Waals surface area contributed by atoms with Crippen LogP contribution in [-0.2, 0) is 14.3 Å². The van der Waals surface area contributed by atoms with Crippen LogP contribution in [0.15, 0.2) is 30.3 Å². The molecule has 5 nitrogen and oxygen atoms in total. The van der Waals surface area contributed by atoms with Crippen LogP contribution >= 0.6 is 0 Å². The molecular formula is C18H27NO4. The van der Waals surface area contributed by atoms with E-state index in [1.807, 2.05) is 44.2 Å². The number of rotatable bonds is 8. The maximum Gasteiger partial charge on any atom is 0.410 e. The van der Waals surface area contributed by atoms with Crippen molar-refractivity contribution in [3.8, 4) is 0 Å². The van der Waals surface area contributed by atoms with E-state index in [0.29, 0.717) is 19.8 Å². The normalized spacial score (nSPS) is 11.9. The van der Waals surface area contributed by atoms with Crippen molar-refractivity contribution < 1.29 is 19.1 Å². The molecule has 0 N–H and O–H groups in total. The zero-order chi connectivity index (χ0) is 17.2. The van der Waals surface area contributed by atoms with Gasteiger partial charge in [-0.3, -0.25) is 4.79 Å². The van der Waals surface area contributed by atoms with Crippen molar-refractivity contribution in [2.75, 3.05) is 19.8 Å². The summed E-state index contributed by atoms with van der Waals surface area (Å²) in [5, 5.41) is 0. The second-order valence-corrected chi connectivity index (χ2v) is 5.68. The fourth-order valence-electron chi connectivity index (χ4n) is 2.39. The van der Waals surface area contributed by atoms with Crippen LogP contribution in [0.2, 0.25) is 0 Å². The first-order chi connectivity index (χ1) is 11.0. The Morgan fingerprint density at radius 2 is 1.65 bits per heavy atom. The van der Waals surface area contributed by atoms with Crippen LogP contribution in [0.1, 0.15) is 45.7 Å². The number of hydrogen-bond acceptors (Lipinski definition) is 4. The van der Waals surface area contributed by atoms with Gasteiger partial charge in [0.05, 0.1) is 25.7 Å². The first kappa shape index (κ1) is 19.0. The Hall–Kier alpha value is -2.04. The summed E-state index contributed by atoms with van der Waals surface area (Å²) in [6, 6.07) is 9.13. The predicted molar refractivity (Wildman–Crippen MR) is 89.0 cm³/mol. The summed E-state index contributed by atoms with van der Waals surface area (Å²) in [4.78, 5) is 26.0. The molecule has 1 amide bonds. The zero-order valence-corrected chi connectivity index (χ0v) is 14.5. The van der Waals surface area contributed by atoms with E-state index in [4.69, 9.17) is 9.47 Å². The summed E-state index contributed by atoms with van der Waals surface area (Å²) in [5.41, 5.74) is 0.897. The molecule has 0 spiro atoms. The summed E-state index contributed by atoms with van der Waals surface area (Å²) in [6.45, 7) is 8.73. The van der Waals surface area contributed by atoms with Gasteiger partial charge in [0.15, 0.2) is 0 Å². The van der Waals surface area contributed by atoms with Crippen molar-refractivity contribution in [1.29, 1.82) is 0 Å². The van der Waals surface area contributed by atoms with Crippen LogP contribution in [0.5, 0.6) is 0 Å². The third-order valence-corrected chi connectivity index (χ3v) is 3.29. The summed E-state index contributed by atoms with van der Waals surface area (Å²) < 4.78 is 10.3. The lowest BCUT2D eigenvalue weighted by atomic mass is 10.0. The molecule has 0 aliphatic rings. The molecule has 0 saturated carbocycles. The quantitative estimate of drug-likeness (QED) is 0.683. The number of benzene rings is 1. The van der Waals surface area contributed by atoms with Gasteiger partial charge in [-0.25, -0.2) is 4.79 Å². The third-order valence-electron chi connectivity index (χ3n) is 3.29. The summed E-state index contributed by atoms with van der Waals surface area (Å²) >= 11 is 0. The number of nitrogens with zero attached hydrogens (tertiary/aromatic N) is 1. The Bertz CT molecular complexity index is 487. The van der Waals surface area contributed by atoms with Crippen LogP contribution in [0, 0.1) is 5.92 Å². The van der Waals surface area contributed by atoms with Crippen molar-refractivity contribution in [1.82, 2.24) is 4.90 Å². The van der Waals surface area contributed by atoms with E-state index in [9.17, 15) is 9.59 Å². The Balaban J connectivity index is 3.10. The van der Waals surface area contributed by atoms with Crippen LogP contribution in [0.25, 0.3) is 0 Å². The lowest BCUT2D eigenvalue weighted by Gasteiger charge is -2.32. The van der Waals surface area contributed by atoms with Gasteiger partial charge in [0.2, 0.25) is 0 Å². The Labute approximate surface area is 138 Å². The van der Waals surface area contributed by atoms with E-state index < -0.39 is 12.1 Å². The highest BCUT2D eigenvalue weighted by Gasteiger charge is 2.29. The van der Waals surface area contributed by atoms with Gasteiger partial charge in [-0.1, -0.05) is 44.2 Å². The lowest BCUT2D eigenvalue weighted by molar-refractivity contribution is -0.144. The molecule has 0 radical (unpaired) electrons. The van der Waals surface area contributed by atoms with Gasteiger partial charge in [-0.2, -0.15) is 0 Å². The first-order valence-corrected chi connectivity index (χ1v) is 8.13. The molecule has 1 atom stereocenters. The van der Waals surface area contributed by atoms with E-state index in [1.54, 1.807) is 18.7 Å². The fraction of sp³-hybridized carbons (Fsp3) is 0.556. The molecule has 0 bridgehead atoms. The van der Waals surface area contributed by atoms with Gasteiger partial charge in [-0.05, 0) is 25.3 Å². The molecule has 1 aromatic rings. The van der Waals surface area contributed by atoms with Crippen molar-refractivity contribution in [3.05, 3.63) is 35.9 Å². The van der Waals surface area contributed by atoms with Gasteiger partial charge < -0.3 is 14.4 Å². The number of esters is 1. The number of amides is 1. The molecule has 0 aliphatic heterocycles. The third kappa shape index (κ3) is 6.30. The van der Waals surface area contributed by atoms with Gasteiger partial charge >= 0.3 is 12.1 Å². The molecule has 128 valence electrons. The lowest BCUT2D eigenvalue weighted by Crippen LogP contribution is -2.39. The largest absolute Gasteiger partial charge is 0.466 e. The van der Waals surface area contributed by atoms with Crippen LogP contribution in [-0.4, -0.2) is 36.7 Å². The van der Waals surface area contributed by atoms with Gasteiger partial charge in [-0.15, -0.1) is 0 Å². The zero-order valence-electron chi connectivity index (χ0n) is 14.5. The second-order valence-electron chi connectivity index (χ2n) is 5.68. The predicted octanol–water partition coefficient (Wildman–Crippen LogP) is 3.80. The highest BCUT2D eigenvalue weighted by molar-refractivity contribution is 5.73. The fourth-order valence-corrected chi connectivity index (χ4v) is 2.39. The Morgan fingerprint density at radius 1 is 1.04 bits per heavy atom. The Kier molecular flexibility index (Phi) is 8.16. The topological polar surface area (TPSA) is 55.8 Å². The van der Waals surface area contributed by atoms with Crippen molar-refractivity contribution in [3.63, 3.8) is 0 Å². The minimum Gasteiger partial charge on any atom is -0.466 e. The van der Waals surface area contributed by atoms with E-state index in [0.717, 1.165) is 5.56 Å². The highest BCUT2D eigenvalue weighted by Crippen LogP contribution is 2.26. The number of hydrogen-bond donors (Lipinski definition) is 0. The molecule has 1 rings (SSSR count). The van der Waals surface area contributed by atoms with Crippen molar-refractivity contribution in [2.45, 2.75) is 40.2 Å². The molecule has 5 heteroatoms. The van der Waals surface area contributed by atoms with Gasteiger partial charge in [0, 0.05) is 6.54 Å².